The lowest BCUT2D eigenvalue weighted by molar-refractivity contribution is -0.254. The van der Waals surface area contributed by atoms with Gasteiger partial charge in [0.25, 0.3) is 0 Å². The molecule has 6 nitrogen and oxygen atoms in total. The van der Waals surface area contributed by atoms with Crippen molar-refractivity contribution in [3.05, 3.63) is 47.8 Å². The molecule has 0 unspecified atom stereocenters. The van der Waals surface area contributed by atoms with Gasteiger partial charge in [-0.25, -0.2) is 9.50 Å². The second-order valence-corrected chi connectivity index (χ2v) is 4.83. The molecule has 0 spiro atoms. The van der Waals surface area contributed by atoms with Crippen molar-refractivity contribution in [2.75, 3.05) is 7.11 Å². The molecule has 0 aliphatic rings. The van der Waals surface area contributed by atoms with E-state index in [2.05, 4.69) is 10.1 Å². The maximum Gasteiger partial charge on any atom is 0.433 e. The lowest BCUT2D eigenvalue weighted by atomic mass is 10.1. The number of nitrogens with zero attached hydrogens (tertiary/aromatic N) is 3. The number of aromatic nitrogens is 3. The number of benzene rings is 1. The van der Waals surface area contributed by atoms with Crippen LogP contribution in [0.25, 0.3) is 16.9 Å². The zero-order valence-corrected chi connectivity index (χ0v) is 12.2. The van der Waals surface area contributed by atoms with E-state index in [0.29, 0.717) is 15.8 Å². The maximum atomic E-state index is 13.3. The Morgan fingerprint density at radius 3 is 2.46 bits per heavy atom. The highest BCUT2D eigenvalue weighted by atomic mass is 19.4. The average molecular weight is 336 g/mol. The molecule has 0 saturated carbocycles. The second-order valence-electron chi connectivity index (χ2n) is 4.83. The largest absolute Gasteiger partial charge is 0.545 e. The van der Waals surface area contributed by atoms with Crippen LogP contribution in [0.1, 0.15) is 16.1 Å². The molecule has 0 radical (unpaired) electrons. The number of alkyl halides is 3. The Morgan fingerprint density at radius 2 is 1.92 bits per heavy atom. The van der Waals surface area contributed by atoms with Crippen molar-refractivity contribution in [1.29, 1.82) is 0 Å². The Balaban J connectivity index is 2.27. The Bertz CT molecular complexity index is 917. The predicted octanol–water partition coefficient (Wildman–Crippen LogP) is 1.79. The van der Waals surface area contributed by atoms with E-state index in [0.717, 1.165) is 12.3 Å². The number of fused-ring (bicyclic) bond motifs is 1. The number of carbonyl (C=O) groups is 1. The number of aromatic carboxylic acids is 1. The van der Waals surface area contributed by atoms with Crippen molar-refractivity contribution in [2.45, 2.75) is 6.18 Å². The van der Waals surface area contributed by atoms with Gasteiger partial charge in [0.05, 0.1) is 30.5 Å². The van der Waals surface area contributed by atoms with Crippen LogP contribution in [0.2, 0.25) is 0 Å². The summed E-state index contributed by atoms with van der Waals surface area (Å²) < 4.78 is 45.2. The summed E-state index contributed by atoms with van der Waals surface area (Å²) in [6.07, 6.45) is -3.96. The van der Waals surface area contributed by atoms with E-state index in [4.69, 9.17) is 4.74 Å². The van der Waals surface area contributed by atoms with Crippen LogP contribution in [-0.2, 0) is 6.18 Å². The first kappa shape index (κ1) is 15.8. The van der Waals surface area contributed by atoms with Gasteiger partial charge in [0.15, 0.2) is 11.3 Å². The highest BCUT2D eigenvalue weighted by molar-refractivity contribution is 5.93. The molecule has 3 rings (SSSR count). The van der Waals surface area contributed by atoms with Gasteiger partial charge in [0.1, 0.15) is 5.75 Å². The molecular weight excluding hydrogens is 327 g/mol. The molecule has 0 aliphatic heterocycles. The average Bonchev–Trinajstić information content (AvgIpc) is 2.97. The minimum absolute atomic E-state index is 0.0412. The van der Waals surface area contributed by atoms with Crippen LogP contribution in [0.4, 0.5) is 13.2 Å². The van der Waals surface area contributed by atoms with Crippen LogP contribution in [0, 0.1) is 0 Å². The van der Waals surface area contributed by atoms with Crippen molar-refractivity contribution >= 4 is 11.6 Å². The number of hydrogen-bond donors (Lipinski definition) is 0. The zero-order valence-electron chi connectivity index (χ0n) is 12.2. The third-order valence-corrected chi connectivity index (χ3v) is 3.37. The van der Waals surface area contributed by atoms with E-state index in [-0.39, 0.29) is 5.69 Å². The van der Waals surface area contributed by atoms with Crippen molar-refractivity contribution in [3.63, 3.8) is 0 Å². The number of carboxylic acids is 1. The Hall–Kier alpha value is -3.10. The van der Waals surface area contributed by atoms with Crippen molar-refractivity contribution in [1.82, 2.24) is 14.6 Å². The standard InChI is InChI=1S/C15H10F3N3O3/c1-24-9-4-2-8(3-5-9)11-6-12(15(16,17)18)21-13(20-11)10(7-19-21)14(22)23/h2-7H,1H3,(H,22,23)/p-1. The molecule has 0 atom stereocenters. The van der Waals surface area contributed by atoms with Crippen molar-refractivity contribution in [2.24, 2.45) is 0 Å². The molecule has 2 aromatic heterocycles. The molecular formula is C15H9F3N3O3-. The zero-order chi connectivity index (χ0) is 17.5. The van der Waals surface area contributed by atoms with Crippen molar-refractivity contribution in [3.8, 4) is 17.0 Å². The molecule has 24 heavy (non-hydrogen) atoms. The molecule has 0 aliphatic carbocycles. The summed E-state index contributed by atoms with van der Waals surface area (Å²) in [4.78, 5) is 15.1. The number of carbonyl (C=O) groups excluding carboxylic acids is 1. The predicted molar refractivity (Wildman–Crippen MR) is 74.3 cm³/mol. The third-order valence-electron chi connectivity index (χ3n) is 3.37. The summed E-state index contributed by atoms with van der Waals surface area (Å²) >= 11 is 0. The van der Waals surface area contributed by atoms with E-state index in [1.165, 1.54) is 19.2 Å². The third kappa shape index (κ3) is 2.64. The summed E-state index contributed by atoms with van der Waals surface area (Å²) in [6.45, 7) is 0. The lowest BCUT2D eigenvalue weighted by Gasteiger charge is -2.12. The lowest BCUT2D eigenvalue weighted by Crippen LogP contribution is -2.22. The first-order valence-electron chi connectivity index (χ1n) is 6.63. The minimum atomic E-state index is -4.74. The molecule has 124 valence electrons. The number of halogens is 3. The Labute approximate surface area is 133 Å². The van der Waals surface area contributed by atoms with Gasteiger partial charge >= 0.3 is 6.18 Å². The van der Waals surface area contributed by atoms with Gasteiger partial charge in [0.2, 0.25) is 0 Å². The van der Waals surface area contributed by atoms with Gasteiger partial charge in [-0.1, -0.05) is 0 Å². The summed E-state index contributed by atoms with van der Waals surface area (Å²) in [5.74, 6) is -1.13. The van der Waals surface area contributed by atoms with E-state index < -0.39 is 29.1 Å². The summed E-state index contributed by atoms with van der Waals surface area (Å²) in [7, 11) is 1.46. The van der Waals surface area contributed by atoms with Crippen molar-refractivity contribution < 1.29 is 27.8 Å². The first-order valence-corrected chi connectivity index (χ1v) is 6.63. The molecule has 0 fully saturated rings. The van der Waals surface area contributed by atoms with E-state index in [1.54, 1.807) is 12.1 Å². The van der Waals surface area contributed by atoms with Crippen LogP contribution in [0.5, 0.6) is 5.75 Å². The number of methoxy groups -OCH3 is 1. The summed E-state index contributed by atoms with van der Waals surface area (Å²) in [6, 6.07) is 6.97. The Kier molecular flexibility index (Phi) is 3.63. The number of ether oxygens (including phenoxy) is 1. The van der Waals surface area contributed by atoms with Gasteiger partial charge < -0.3 is 14.6 Å². The quantitative estimate of drug-likeness (QED) is 0.728. The van der Waals surface area contributed by atoms with E-state index >= 15 is 0 Å². The van der Waals surface area contributed by atoms with Crippen LogP contribution in [-0.4, -0.2) is 27.7 Å². The fraction of sp³-hybridized carbons (Fsp3) is 0.133. The summed E-state index contributed by atoms with van der Waals surface area (Å²) in [5, 5.41) is 14.5. The summed E-state index contributed by atoms with van der Waals surface area (Å²) in [5.41, 5.74) is -1.76. The van der Waals surface area contributed by atoms with Crippen LogP contribution in [0.3, 0.4) is 0 Å². The van der Waals surface area contributed by atoms with E-state index in [9.17, 15) is 23.1 Å². The number of rotatable bonds is 3. The molecule has 2 heterocycles. The molecule has 0 saturated heterocycles. The SMILES string of the molecule is COc1ccc(-c2cc(C(F)(F)F)n3ncc(C(=O)[O-])c3n2)cc1. The molecule has 1 aromatic carbocycles. The molecule has 0 bridgehead atoms. The molecule has 0 N–H and O–H groups in total. The smallest absolute Gasteiger partial charge is 0.433 e. The minimum Gasteiger partial charge on any atom is -0.545 e. The fourth-order valence-corrected chi connectivity index (χ4v) is 2.22. The molecule has 9 heteroatoms. The topological polar surface area (TPSA) is 79.5 Å². The normalized spacial score (nSPS) is 11.7. The van der Waals surface area contributed by atoms with E-state index in [1.807, 2.05) is 0 Å². The molecule has 0 amide bonds. The van der Waals surface area contributed by atoms with Crippen LogP contribution >= 0.6 is 0 Å². The number of carboxylic acid groups (broad SMARTS) is 1. The van der Waals surface area contributed by atoms with Gasteiger partial charge in [0, 0.05) is 5.56 Å². The second kappa shape index (κ2) is 5.52. The maximum absolute atomic E-state index is 13.3. The van der Waals surface area contributed by atoms with Gasteiger partial charge in [-0.2, -0.15) is 18.3 Å². The monoisotopic (exact) mass is 336 g/mol. The highest BCUT2D eigenvalue weighted by Gasteiger charge is 2.35. The van der Waals surface area contributed by atoms with Gasteiger partial charge in [-0.05, 0) is 30.3 Å². The van der Waals surface area contributed by atoms with Crippen LogP contribution < -0.4 is 9.84 Å². The van der Waals surface area contributed by atoms with Gasteiger partial charge in [-0.3, -0.25) is 0 Å². The molecule has 3 aromatic rings. The van der Waals surface area contributed by atoms with Crippen LogP contribution in [0.15, 0.2) is 36.5 Å². The highest BCUT2D eigenvalue weighted by Crippen LogP contribution is 2.33. The number of hydrogen-bond acceptors (Lipinski definition) is 5. The van der Waals surface area contributed by atoms with Gasteiger partial charge in [-0.15, -0.1) is 0 Å². The first-order chi connectivity index (χ1) is 11.3. The fourth-order valence-electron chi connectivity index (χ4n) is 2.22. The Morgan fingerprint density at radius 1 is 1.25 bits per heavy atom.